The van der Waals surface area contributed by atoms with Gasteiger partial charge in [0, 0.05) is 30.7 Å². The van der Waals surface area contributed by atoms with Gasteiger partial charge in [0.25, 0.3) is 0 Å². The number of nitrogens with zero attached hydrogens (tertiary/aromatic N) is 1. The van der Waals surface area contributed by atoms with Gasteiger partial charge in [0.2, 0.25) is 0 Å². The van der Waals surface area contributed by atoms with Gasteiger partial charge in [-0.3, -0.25) is 9.78 Å². The number of Topliss-reactive ketones (excluding diaryl/α,β-unsaturated/α-hetero) is 1. The molecule has 0 saturated heterocycles. The minimum absolute atomic E-state index is 0.132. The number of benzene rings is 2. The monoisotopic (exact) mass is 362 g/mol. The summed E-state index contributed by atoms with van der Waals surface area (Å²) >= 11 is 0. The molecule has 3 aromatic rings. The highest BCUT2D eigenvalue weighted by Crippen LogP contribution is 2.22. The Morgan fingerprint density at radius 1 is 1.07 bits per heavy atom. The van der Waals surface area contributed by atoms with Gasteiger partial charge in [-0.1, -0.05) is 42.5 Å². The van der Waals surface area contributed by atoms with Gasteiger partial charge >= 0.3 is 0 Å². The largest absolute Gasteiger partial charge is 0.374 e. The number of carbonyl (C=O) groups excluding carboxylic acids is 1. The number of carbonyl (C=O) groups is 1. The molecule has 0 bridgehead atoms. The predicted molar refractivity (Wildman–Crippen MR) is 109 cm³/mol. The summed E-state index contributed by atoms with van der Waals surface area (Å²) in [4.78, 5) is 17.1. The summed E-state index contributed by atoms with van der Waals surface area (Å²) < 4.78 is 5.67. The molecular formula is C23H26N2O2. The van der Waals surface area contributed by atoms with Crippen molar-refractivity contribution in [2.24, 2.45) is 5.73 Å². The van der Waals surface area contributed by atoms with Crippen molar-refractivity contribution in [2.45, 2.75) is 38.9 Å². The van der Waals surface area contributed by atoms with Crippen LogP contribution in [0.4, 0.5) is 0 Å². The standard InChI is InChI=1S/C23H26N2O2/c1-16(2)27-15-18-4-3-5-20(11-18)22(13-24)23(26)12-17-6-7-21-14-25-9-8-19(21)10-17/h3-11,14,16,22H,12-13,15,24H2,1-2H3/t22-/m1/s1. The van der Waals surface area contributed by atoms with E-state index in [9.17, 15) is 4.79 Å². The van der Waals surface area contributed by atoms with Crippen LogP contribution in [0.25, 0.3) is 10.8 Å². The third-order valence-electron chi connectivity index (χ3n) is 4.64. The third kappa shape index (κ3) is 5.00. The lowest BCUT2D eigenvalue weighted by molar-refractivity contribution is -0.119. The molecule has 3 rings (SSSR count). The van der Waals surface area contributed by atoms with Crippen molar-refractivity contribution in [1.82, 2.24) is 4.98 Å². The molecule has 0 radical (unpaired) electrons. The first-order chi connectivity index (χ1) is 13.1. The molecule has 2 N–H and O–H groups in total. The average molecular weight is 362 g/mol. The van der Waals surface area contributed by atoms with Crippen molar-refractivity contribution in [3.63, 3.8) is 0 Å². The molecule has 0 spiro atoms. The Balaban J connectivity index is 1.76. The molecule has 27 heavy (non-hydrogen) atoms. The van der Waals surface area contributed by atoms with Crippen molar-refractivity contribution in [3.8, 4) is 0 Å². The second-order valence-corrected chi connectivity index (χ2v) is 7.09. The van der Waals surface area contributed by atoms with E-state index in [0.29, 0.717) is 19.6 Å². The molecule has 0 aliphatic heterocycles. The molecule has 4 nitrogen and oxygen atoms in total. The summed E-state index contributed by atoms with van der Waals surface area (Å²) in [5.41, 5.74) is 8.98. The Hall–Kier alpha value is -2.56. The molecule has 1 atom stereocenters. The Labute approximate surface area is 160 Å². The number of aromatic nitrogens is 1. The quantitative estimate of drug-likeness (QED) is 0.657. The van der Waals surface area contributed by atoms with E-state index in [-0.39, 0.29) is 17.8 Å². The molecule has 0 aliphatic rings. The van der Waals surface area contributed by atoms with Crippen LogP contribution in [0.2, 0.25) is 0 Å². The van der Waals surface area contributed by atoms with E-state index in [1.165, 1.54) is 0 Å². The molecule has 0 unspecified atom stereocenters. The molecule has 0 aliphatic carbocycles. The summed E-state index contributed by atoms with van der Waals surface area (Å²) in [6.45, 7) is 4.85. The van der Waals surface area contributed by atoms with Gasteiger partial charge in [-0.2, -0.15) is 0 Å². The fourth-order valence-corrected chi connectivity index (χ4v) is 3.18. The molecular weight excluding hydrogens is 336 g/mol. The number of rotatable bonds is 8. The number of hydrogen-bond donors (Lipinski definition) is 1. The first-order valence-electron chi connectivity index (χ1n) is 9.32. The van der Waals surface area contributed by atoms with Crippen LogP contribution in [0.3, 0.4) is 0 Å². The van der Waals surface area contributed by atoms with Gasteiger partial charge in [-0.25, -0.2) is 0 Å². The molecule has 140 valence electrons. The van der Waals surface area contributed by atoms with Gasteiger partial charge in [-0.15, -0.1) is 0 Å². The minimum Gasteiger partial charge on any atom is -0.374 e. The normalized spacial score (nSPS) is 12.4. The Kier molecular flexibility index (Phi) is 6.32. The summed E-state index contributed by atoms with van der Waals surface area (Å²) in [7, 11) is 0. The number of nitrogens with two attached hydrogens (primary N) is 1. The van der Waals surface area contributed by atoms with Crippen LogP contribution in [0.1, 0.15) is 36.5 Å². The van der Waals surface area contributed by atoms with Gasteiger partial charge in [0.15, 0.2) is 0 Å². The smallest absolute Gasteiger partial charge is 0.145 e. The molecule has 0 saturated carbocycles. The number of ether oxygens (including phenoxy) is 1. The van der Waals surface area contributed by atoms with Crippen LogP contribution >= 0.6 is 0 Å². The lowest BCUT2D eigenvalue weighted by atomic mass is 9.90. The van der Waals surface area contributed by atoms with E-state index in [1.807, 2.05) is 62.5 Å². The fourth-order valence-electron chi connectivity index (χ4n) is 3.18. The van der Waals surface area contributed by atoms with Crippen molar-refractivity contribution < 1.29 is 9.53 Å². The molecule has 0 amide bonds. The summed E-state index contributed by atoms with van der Waals surface area (Å²) in [5, 5.41) is 2.16. The van der Waals surface area contributed by atoms with Crippen molar-refractivity contribution in [1.29, 1.82) is 0 Å². The van der Waals surface area contributed by atoms with Gasteiger partial charge in [0.05, 0.1) is 18.6 Å². The topological polar surface area (TPSA) is 65.2 Å². The summed E-state index contributed by atoms with van der Waals surface area (Å²) in [5.74, 6) is -0.176. The average Bonchev–Trinajstić information content (AvgIpc) is 2.67. The minimum atomic E-state index is -0.308. The molecule has 4 heteroatoms. The Morgan fingerprint density at radius 2 is 1.93 bits per heavy atom. The van der Waals surface area contributed by atoms with Crippen LogP contribution < -0.4 is 5.73 Å². The van der Waals surface area contributed by atoms with E-state index in [2.05, 4.69) is 11.1 Å². The second kappa shape index (κ2) is 8.89. The lowest BCUT2D eigenvalue weighted by Crippen LogP contribution is -2.23. The van der Waals surface area contributed by atoms with Crippen molar-refractivity contribution in [2.75, 3.05) is 6.54 Å². The van der Waals surface area contributed by atoms with Crippen molar-refractivity contribution in [3.05, 3.63) is 77.6 Å². The zero-order valence-electron chi connectivity index (χ0n) is 15.9. The van der Waals surface area contributed by atoms with E-state index in [4.69, 9.17) is 10.5 Å². The fraction of sp³-hybridized carbons (Fsp3) is 0.304. The highest BCUT2D eigenvalue weighted by Gasteiger charge is 2.19. The van der Waals surface area contributed by atoms with Crippen molar-refractivity contribution >= 4 is 16.6 Å². The van der Waals surface area contributed by atoms with E-state index >= 15 is 0 Å². The van der Waals surface area contributed by atoms with Crippen LogP contribution in [0.5, 0.6) is 0 Å². The molecule has 2 aromatic carbocycles. The van der Waals surface area contributed by atoms with E-state index in [0.717, 1.165) is 27.5 Å². The molecule has 1 heterocycles. The van der Waals surface area contributed by atoms with Crippen LogP contribution in [-0.4, -0.2) is 23.4 Å². The van der Waals surface area contributed by atoms with Crippen LogP contribution in [-0.2, 0) is 22.6 Å². The summed E-state index contributed by atoms with van der Waals surface area (Å²) in [6, 6.07) is 16.0. The molecule has 1 aromatic heterocycles. The number of ketones is 1. The first kappa shape index (κ1) is 19.2. The lowest BCUT2D eigenvalue weighted by Gasteiger charge is -2.16. The SMILES string of the molecule is CC(C)OCc1cccc([C@@H](CN)C(=O)Cc2ccc3cnccc3c2)c1. The first-order valence-corrected chi connectivity index (χ1v) is 9.32. The maximum absolute atomic E-state index is 12.9. The predicted octanol–water partition coefficient (Wildman–Crippen LogP) is 4.01. The maximum Gasteiger partial charge on any atom is 0.145 e. The zero-order valence-corrected chi connectivity index (χ0v) is 15.9. The van der Waals surface area contributed by atoms with Crippen LogP contribution in [0, 0.1) is 0 Å². The van der Waals surface area contributed by atoms with Gasteiger partial charge < -0.3 is 10.5 Å². The Bertz CT molecular complexity index is 921. The number of pyridine rings is 1. The zero-order chi connectivity index (χ0) is 19.2. The molecule has 0 fully saturated rings. The maximum atomic E-state index is 12.9. The number of fused-ring (bicyclic) bond motifs is 1. The highest BCUT2D eigenvalue weighted by atomic mass is 16.5. The van der Waals surface area contributed by atoms with E-state index in [1.54, 1.807) is 6.20 Å². The second-order valence-electron chi connectivity index (χ2n) is 7.09. The third-order valence-corrected chi connectivity index (χ3v) is 4.64. The van der Waals surface area contributed by atoms with Crippen LogP contribution in [0.15, 0.2) is 60.9 Å². The summed E-state index contributed by atoms with van der Waals surface area (Å²) in [6.07, 6.45) is 4.13. The highest BCUT2D eigenvalue weighted by molar-refractivity contribution is 5.89. The van der Waals surface area contributed by atoms with Gasteiger partial charge in [0.1, 0.15) is 5.78 Å². The Morgan fingerprint density at radius 3 is 2.70 bits per heavy atom. The van der Waals surface area contributed by atoms with E-state index < -0.39 is 0 Å². The van der Waals surface area contributed by atoms with Gasteiger partial charge in [-0.05, 0) is 42.0 Å². The number of hydrogen-bond acceptors (Lipinski definition) is 4.